The average molecular weight is 519 g/mol. The number of rotatable bonds is 10. The third kappa shape index (κ3) is 6.38. The minimum atomic E-state index is -0.797. The van der Waals surface area contributed by atoms with Crippen LogP contribution in [0.2, 0.25) is 0 Å². The van der Waals surface area contributed by atoms with Crippen LogP contribution in [0.15, 0.2) is 60.7 Å². The molecule has 0 spiro atoms. The Morgan fingerprint density at radius 2 is 1.87 bits per heavy atom. The third-order valence-corrected chi connectivity index (χ3v) is 8.11. The molecule has 1 aliphatic carbocycles. The van der Waals surface area contributed by atoms with Crippen LogP contribution in [-0.2, 0) is 11.4 Å². The van der Waals surface area contributed by atoms with E-state index in [2.05, 4.69) is 19.9 Å². The van der Waals surface area contributed by atoms with Gasteiger partial charge in [-0.2, -0.15) is 0 Å². The molecular weight excluding hydrogens is 479 g/mol. The fourth-order valence-corrected chi connectivity index (χ4v) is 5.88. The lowest BCUT2D eigenvalue weighted by Crippen LogP contribution is -2.26. The maximum Gasteiger partial charge on any atom is 0.303 e. The molecule has 0 radical (unpaired) electrons. The van der Waals surface area contributed by atoms with Crippen LogP contribution in [0.4, 0.5) is 4.39 Å². The van der Waals surface area contributed by atoms with Gasteiger partial charge in [-0.15, -0.1) is 0 Å². The lowest BCUT2D eigenvalue weighted by Gasteiger charge is -2.40. The highest BCUT2D eigenvalue weighted by molar-refractivity contribution is 5.71. The van der Waals surface area contributed by atoms with Crippen LogP contribution in [0.1, 0.15) is 87.8 Å². The van der Waals surface area contributed by atoms with Gasteiger partial charge in [-0.1, -0.05) is 63.9 Å². The van der Waals surface area contributed by atoms with Gasteiger partial charge >= 0.3 is 5.97 Å². The van der Waals surface area contributed by atoms with E-state index >= 15 is 4.39 Å². The lowest BCUT2D eigenvalue weighted by atomic mass is 9.65. The smallest absolute Gasteiger partial charge is 0.303 e. The summed E-state index contributed by atoms with van der Waals surface area (Å²) in [6.07, 6.45) is 5.43. The highest BCUT2D eigenvalue weighted by Gasteiger charge is 2.35. The Morgan fingerprint density at radius 3 is 2.58 bits per heavy atom. The Balaban J connectivity index is 1.66. The summed E-state index contributed by atoms with van der Waals surface area (Å²) in [7, 11) is 1.60. The van der Waals surface area contributed by atoms with E-state index in [1.807, 2.05) is 43.3 Å². The quantitative estimate of drug-likeness (QED) is 0.291. The molecule has 5 heteroatoms. The van der Waals surface area contributed by atoms with E-state index in [0.29, 0.717) is 29.6 Å². The van der Waals surface area contributed by atoms with Crippen LogP contribution >= 0.6 is 0 Å². The number of hydrogen-bond donors (Lipinski definition) is 1. The Morgan fingerprint density at radius 1 is 1.05 bits per heavy atom. The monoisotopic (exact) mass is 518 g/mol. The molecule has 0 amide bonds. The molecule has 1 aliphatic rings. The Labute approximate surface area is 225 Å². The molecule has 0 aromatic heterocycles. The third-order valence-electron chi connectivity index (χ3n) is 8.11. The Bertz CT molecular complexity index is 1270. The second-order valence-corrected chi connectivity index (χ2v) is 11.1. The zero-order valence-electron chi connectivity index (χ0n) is 22.9. The maximum atomic E-state index is 15.1. The number of carbonyl (C=O) groups is 1. The number of methoxy groups -OCH3 is 1. The molecule has 0 saturated heterocycles. The summed E-state index contributed by atoms with van der Waals surface area (Å²) < 4.78 is 26.7. The van der Waals surface area contributed by atoms with E-state index < -0.39 is 5.97 Å². The Hall–Kier alpha value is -3.34. The van der Waals surface area contributed by atoms with Crippen molar-refractivity contribution in [3.63, 3.8) is 0 Å². The van der Waals surface area contributed by atoms with E-state index in [9.17, 15) is 9.90 Å². The van der Waals surface area contributed by atoms with Crippen molar-refractivity contribution in [3.05, 3.63) is 83.2 Å². The molecule has 4 rings (SSSR count). The van der Waals surface area contributed by atoms with Gasteiger partial charge in [-0.05, 0) is 89.1 Å². The number of hydrogen-bond acceptors (Lipinski definition) is 3. The summed E-state index contributed by atoms with van der Waals surface area (Å²) in [6.45, 7) is 7.01. The highest BCUT2D eigenvalue weighted by atomic mass is 19.1. The second-order valence-electron chi connectivity index (χ2n) is 11.1. The molecule has 0 bridgehead atoms. The highest BCUT2D eigenvalue weighted by Crippen LogP contribution is 2.49. The number of aliphatic carboxylic acids is 1. The first kappa shape index (κ1) is 27.7. The minimum Gasteiger partial charge on any atom is -0.497 e. The fourth-order valence-electron chi connectivity index (χ4n) is 5.88. The predicted molar refractivity (Wildman–Crippen MR) is 149 cm³/mol. The van der Waals surface area contributed by atoms with Crippen molar-refractivity contribution in [3.8, 4) is 22.6 Å². The van der Waals surface area contributed by atoms with Crippen LogP contribution < -0.4 is 9.47 Å². The van der Waals surface area contributed by atoms with Crippen molar-refractivity contribution in [2.45, 2.75) is 77.7 Å². The van der Waals surface area contributed by atoms with Crippen molar-refractivity contribution in [1.29, 1.82) is 0 Å². The molecule has 2 atom stereocenters. The standard InChI is InChI=1S/C33H39FO4/c1-5-23(19-32(35)36)24-9-8-10-26(18-24)38-21-22-12-14-27(29-20-25(37-4)13-15-31(29)34)28(17-22)30-11-6-7-16-33(30,2)3/h8-10,12-15,17-18,20,23,30H,5-7,11,16,19,21H2,1-4H3,(H,35,36). The zero-order chi connectivity index (χ0) is 27.3. The number of benzene rings is 3. The summed E-state index contributed by atoms with van der Waals surface area (Å²) in [6, 6.07) is 18.9. The van der Waals surface area contributed by atoms with Gasteiger partial charge in [-0.25, -0.2) is 4.39 Å². The van der Waals surface area contributed by atoms with Crippen LogP contribution in [0.25, 0.3) is 11.1 Å². The molecule has 202 valence electrons. The van der Waals surface area contributed by atoms with E-state index in [1.165, 1.54) is 12.5 Å². The predicted octanol–water partition coefficient (Wildman–Crippen LogP) is 8.73. The van der Waals surface area contributed by atoms with Gasteiger partial charge in [0, 0.05) is 5.56 Å². The first-order chi connectivity index (χ1) is 18.2. The number of carboxylic acid groups (broad SMARTS) is 1. The summed E-state index contributed by atoms with van der Waals surface area (Å²) in [5.74, 6) is 0.557. The summed E-state index contributed by atoms with van der Waals surface area (Å²) in [5, 5.41) is 9.26. The molecule has 38 heavy (non-hydrogen) atoms. The van der Waals surface area contributed by atoms with Crippen molar-refractivity contribution >= 4 is 5.97 Å². The van der Waals surface area contributed by atoms with Gasteiger partial charge in [0.05, 0.1) is 13.5 Å². The van der Waals surface area contributed by atoms with Crippen molar-refractivity contribution in [1.82, 2.24) is 0 Å². The van der Waals surface area contributed by atoms with Gasteiger partial charge in [0.1, 0.15) is 23.9 Å². The minimum absolute atomic E-state index is 0.0479. The first-order valence-electron chi connectivity index (χ1n) is 13.6. The largest absolute Gasteiger partial charge is 0.497 e. The molecule has 3 aromatic carbocycles. The Kier molecular flexibility index (Phi) is 8.76. The summed E-state index contributed by atoms with van der Waals surface area (Å²) >= 11 is 0. The number of halogens is 1. The van der Waals surface area contributed by atoms with Gasteiger partial charge < -0.3 is 14.6 Å². The van der Waals surface area contributed by atoms with Crippen LogP contribution in [-0.4, -0.2) is 18.2 Å². The van der Waals surface area contributed by atoms with Gasteiger partial charge in [0.2, 0.25) is 0 Å². The molecule has 0 heterocycles. The average Bonchev–Trinajstić information content (AvgIpc) is 2.90. The van der Waals surface area contributed by atoms with Crippen molar-refractivity contribution < 1.29 is 23.8 Å². The van der Waals surface area contributed by atoms with Gasteiger partial charge in [0.25, 0.3) is 0 Å². The molecule has 0 aliphatic heterocycles. The number of carboxylic acids is 1. The van der Waals surface area contributed by atoms with E-state index in [4.69, 9.17) is 9.47 Å². The van der Waals surface area contributed by atoms with Gasteiger partial charge in [0.15, 0.2) is 0 Å². The van der Waals surface area contributed by atoms with Crippen molar-refractivity contribution in [2.75, 3.05) is 7.11 Å². The van der Waals surface area contributed by atoms with Gasteiger partial charge in [-0.3, -0.25) is 4.79 Å². The molecule has 4 nitrogen and oxygen atoms in total. The van der Waals surface area contributed by atoms with E-state index in [0.717, 1.165) is 47.9 Å². The summed E-state index contributed by atoms with van der Waals surface area (Å²) in [5.41, 5.74) is 4.73. The van der Waals surface area contributed by atoms with Crippen LogP contribution in [0.5, 0.6) is 11.5 Å². The van der Waals surface area contributed by atoms with E-state index in [-0.39, 0.29) is 23.6 Å². The second kappa shape index (κ2) is 12.0. The first-order valence-corrected chi connectivity index (χ1v) is 13.6. The van der Waals surface area contributed by atoms with Crippen molar-refractivity contribution in [2.24, 2.45) is 5.41 Å². The normalized spacial score (nSPS) is 17.6. The fraction of sp³-hybridized carbons (Fsp3) is 0.424. The zero-order valence-corrected chi connectivity index (χ0v) is 22.9. The van der Waals surface area contributed by atoms with Crippen LogP contribution in [0.3, 0.4) is 0 Å². The molecule has 1 saturated carbocycles. The molecule has 1 N–H and O–H groups in total. The molecular formula is C33H39FO4. The molecule has 1 fully saturated rings. The lowest BCUT2D eigenvalue weighted by molar-refractivity contribution is -0.137. The summed E-state index contributed by atoms with van der Waals surface area (Å²) in [4.78, 5) is 11.3. The molecule has 2 unspecified atom stereocenters. The topological polar surface area (TPSA) is 55.8 Å². The maximum absolute atomic E-state index is 15.1. The SMILES string of the molecule is CCC(CC(=O)O)c1cccc(OCc2ccc(-c3cc(OC)ccc3F)c(C3CCCCC3(C)C)c2)c1. The number of ether oxygens (including phenoxy) is 2. The van der Waals surface area contributed by atoms with Crippen LogP contribution in [0, 0.1) is 11.2 Å². The molecule has 3 aromatic rings. The van der Waals surface area contributed by atoms with E-state index in [1.54, 1.807) is 19.2 Å².